The number of hydrogen-bond donors (Lipinski definition) is 2. The maximum Gasteiger partial charge on any atom is 0.253 e. The molecule has 0 aliphatic heterocycles. The molecule has 0 atom stereocenters. The van der Waals surface area contributed by atoms with E-state index < -0.39 is 17.5 Å². The van der Waals surface area contributed by atoms with E-state index >= 15 is 0 Å². The number of hydrogen-bond acceptors (Lipinski definition) is 3. The minimum atomic E-state index is -1.07. The zero-order valence-corrected chi connectivity index (χ0v) is 11.4. The van der Waals surface area contributed by atoms with Crippen molar-refractivity contribution in [1.29, 1.82) is 0 Å². The van der Waals surface area contributed by atoms with Gasteiger partial charge in [-0.2, -0.15) is 11.8 Å². The van der Waals surface area contributed by atoms with Crippen molar-refractivity contribution in [2.24, 2.45) is 0 Å². The van der Waals surface area contributed by atoms with Crippen LogP contribution in [0.3, 0.4) is 0 Å². The zero-order valence-electron chi connectivity index (χ0n) is 10.6. The second kappa shape index (κ2) is 5.36. The molecular formula is C13H16F2N2OS. The van der Waals surface area contributed by atoms with Gasteiger partial charge in [-0.3, -0.25) is 4.79 Å². The molecule has 6 heteroatoms. The van der Waals surface area contributed by atoms with Gasteiger partial charge in [0.05, 0.1) is 5.56 Å². The second-order valence-electron chi connectivity index (χ2n) is 4.78. The molecule has 1 aromatic rings. The summed E-state index contributed by atoms with van der Waals surface area (Å²) >= 11 is 1.73. The fraction of sp³-hybridized carbons (Fsp3) is 0.462. The third-order valence-corrected chi connectivity index (χ3v) is 5.02. The van der Waals surface area contributed by atoms with Gasteiger partial charge in [-0.05, 0) is 25.2 Å². The maximum absolute atomic E-state index is 13.1. The van der Waals surface area contributed by atoms with Crippen molar-refractivity contribution in [1.82, 2.24) is 5.32 Å². The number of nitrogens with one attached hydrogen (secondary N) is 1. The Hall–Kier alpha value is -1.30. The number of benzene rings is 1. The molecule has 19 heavy (non-hydrogen) atoms. The molecule has 104 valence electrons. The van der Waals surface area contributed by atoms with Crippen LogP contribution in [0.4, 0.5) is 14.5 Å². The first-order valence-electron chi connectivity index (χ1n) is 6.05. The molecule has 0 spiro atoms. The van der Waals surface area contributed by atoms with E-state index in [-0.39, 0.29) is 16.0 Å². The van der Waals surface area contributed by atoms with E-state index in [0.29, 0.717) is 6.54 Å². The molecule has 2 rings (SSSR count). The predicted molar refractivity (Wildman–Crippen MR) is 73.2 cm³/mol. The average molecular weight is 286 g/mol. The number of halogens is 2. The summed E-state index contributed by atoms with van der Waals surface area (Å²) in [5, 5.41) is 2.75. The molecule has 0 aromatic heterocycles. The third kappa shape index (κ3) is 2.83. The van der Waals surface area contributed by atoms with Crippen LogP contribution in [0.5, 0.6) is 0 Å². The molecule has 1 amide bonds. The van der Waals surface area contributed by atoms with Crippen molar-refractivity contribution < 1.29 is 13.6 Å². The van der Waals surface area contributed by atoms with E-state index in [4.69, 9.17) is 5.73 Å². The van der Waals surface area contributed by atoms with Crippen molar-refractivity contribution in [3.05, 3.63) is 29.3 Å². The van der Waals surface area contributed by atoms with Gasteiger partial charge in [0.25, 0.3) is 5.91 Å². The minimum absolute atomic E-state index is 0.0190. The highest BCUT2D eigenvalue weighted by Gasteiger charge is 2.36. The highest BCUT2D eigenvalue weighted by molar-refractivity contribution is 8.00. The fourth-order valence-corrected chi connectivity index (χ4v) is 3.03. The van der Waals surface area contributed by atoms with E-state index in [2.05, 4.69) is 5.32 Å². The Labute approximate surface area is 114 Å². The van der Waals surface area contributed by atoms with Crippen LogP contribution in [0.2, 0.25) is 0 Å². The van der Waals surface area contributed by atoms with Gasteiger partial charge in [-0.15, -0.1) is 0 Å². The van der Waals surface area contributed by atoms with Gasteiger partial charge in [0.15, 0.2) is 11.6 Å². The zero-order chi connectivity index (χ0) is 14.0. The topological polar surface area (TPSA) is 55.1 Å². The molecule has 1 aliphatic rings. The Morgan fingerprint density at radius 2 is 2.05 bits per heavy atom. The van der Waals surface area contributed by atoms with Crippen LogP contribution in [0.25, 0.3) is 0 Å². The monoisotopic (exact) mass is 286 g/mol. The molecular weight excluding hydrogens is 270 g/mol. The molecule has 3 N–H and O–H groups in total. The molecule has 0 radical (unpaired) electrons. The molecule has 3 nitrogen and oxygen atoms in total. The summed E-state index contributed by atoms with van der Waals surface area (Å²) in [5.74, 6) is -2.58. The highest BCUT2D eigenvalue weighted by Crippen LogP contribution is 2.42. The largest absolute Gasteiger partial charge is 0.398 e. The molecule has 0 heterocycles. The van der Waals surface area contributed by atoms with Crippen molar-refractivity contribution >= 4 is 23.4 Å². The van der Waals surface area contributed by atoms with Crippen LogP contribution in [-0.4, -0.2) is 23.5 Å². The number of carbonyl (C=O) groups excluding carboxylic acids is 1. The smallest absolute Gasteiger partial charge is 0.253 e. The van der Waals surface area contributed by atoms with Crippen LogP contribution < -0.4 is 11.1 Å². The number of amides is 1. The van der Waals surface area contributed by atoms with Gasteiger partial charge in [-0.25, -0.2) is 8.78 Å². The lowest BCUT2D eigenvalue weighted by atomic mass is 9.84. The number of nitrogen functional groups attached to an aromatic ring is 1. The van der Waals surface area contributed by atoms with Crippen LogP contribution in [0.1, 0.15) is 29.6 Å². The first-order valence-corrected chi connectivity index (χ1v) is 7.28. The second-order valence-corrected chi connectivity index (χ2v) is 6.05. The third-order valence-electron chi connectivity index (χ3n) is 3.61. The summed E-state index contributed by atoms with van der Waals surface area (Å²) in [6.45, 7) is 0.519. The van der Waals surface area contributed by atoms with E-state index in [0.717, 1.165) is 31.4 Å². The summed E-state index contributed by atoms with van der Waals surface area (Å²) in [4.78, 5) is 11.9. The van der Waals surface area contributed by atoms with Crippen molar-refractivity contribution in [2.45, 2.75) is 24.0 Å². The number of nitrogens with two attached hydrogens (primary N) is 1. The van der Waals surface area contributed by atoms with Crippen LogP contribution in [0.15, 0.2) is 12.1 Å². The highest BCUT2D eigenvalue weighted by atomic mass is 32.2. The molecule has 0 bridgehead atoms. The van der Waals surface area contributed by atoms with E-state index in [1.165, 1.54) is 0 Å². The van der Waals surface area contributed by atoms with Gasteiger partial charge in [0, 0.05) is 23.0 Å². The minimum Gasteiger partial charge on any atom is -0.398 e. The van der Waals surface area contributed by atoms with Crippen LogP contribution in [0, 0.1) is 11.6 Å². The van der Waals surface area contributed by atoms with E-state index in [1.54, 1.807) is 11.8 Å². The summed E-state index contributed by atoms with van der Waals surface area (Å²) in [7, 11) is 0. The molecule has 1 saturated carbocycles. The van der Waals surface area contributed by atoms with Crippen molar-refractivity contribution in [3.8, 4) is 0 Å². The quantitative estimate of drug-likeness (QED) is 0.836. The predicted octanol–water partition coefficient (Wildman–Crippen LogP) is 2.56. The van der Waals surface area contributed by atoms with Crippen molar-refractivity contribution in [2.75, 3.05) is 18.5 Å². The molecule has 1 aliphatic carbocycles. The average Bonchev–Trinajstić information content (AvgIpc) is 2.32. The Morgan fingerprint density at radius 3 is 2.58 bits per heavy atom. The van der Waals surface area contributed by atoms with Gasteiger partial charge in [-0.1, -0.05) is 6.42 Å². The van der Waals surface area contributed by atoms with Gasteiger partial charge in [0.2, 0.25) is 0 Å². The Balaban J connectivity index is 2.06. The normalized spacial score (nSPS) is 16.8. The molecule has 0 unspecified atom stereocenters. The van der Waals surface area contributed by atoms with Crippen molar-refractivity contribution in [3.63, 3.8) is 0 Å². The van der Waals surface area contributed by atoms with Crippen LogP contribution in [-0.2, 0) is 0 Å². The number of anilines is 1. The lowest BCUT2D eigenvalue weighted by molar-refractivity contribution is 0.0944. The Morgan fingerprint density at radius 1 is 1.42 bits per heavy atom. The Kier molecular flexibility index (Phi) is 3.99. The number of thioether (sulfide) groups is 1. The first-order chi connectivity index (χ1) is 8.97. The lowest BCUT2D eigenvalue weighted by Crippen LogP contribution is -2.45. The maximum atomic E-state index is 13.1. The first kappa shape index (κ1) is 14.1. The van der Waals surface area contributed by atoms with Gasteiger partial charge in [0.1, 0.15) is 0 Å². The van der Waals surface area contributed by atoms with Gasteiger partial charge >= 0.3 is 0 Å². The summed E-state index contributed by atoms with van der Waals surface area (Å²) in [5.41, 5.74) is 5.47. The van der Waals surface area contributed by atoms with Gasteiger partial charge < -0.3 is 11.1 Å². The number of rotatable bonds is 4. The van der Waals surface area contributed by atoms with Crippen LogP contribution >= 0.6 is 11.8 Å². The fourth-order valence-electron chi connectivity index (χ4n) is 2.12. The summed E-state index contributed by atoms with van der Waals surface area (Å²) < 4.78 is 26.1. The summed E-state index contributed by atoms with van der Waals surface area (Å²) in [6.07, 6.45) is 5.28. The summed E-state index contributed by atoms with van der Waals surface area (Å²) in [6, 6.07) is 1.67. The van der Waals surface area contributed by atoms with E-state index in [1.807, 2.05) is 6.26 Å². The lowest BCUT2D eigenvalue weighted by Gasteiger charge is -2.40. The van der Waals surface area contributed by atoms with E-state index in [9.17, 15) is 13.6 Å². The number of carbonyl (C=O) groups is 1. The molecule has 1 aromatic carbocycles. The standard InChI is InChI=1S/C13H16F2N2OS/c1-19-13(3-2-4-13)7-17-12(18)8-5-9(14)10(15)6-11(8)16/h5-6H,2-4,7,16H2,1H3,(H,17,18). The molecule has 1 fully saturated rings. The SMILES string of the molecule is CSC1(CNC(=O)c2cc(F)c(F)cc2N)CCC1. The Bertz CT molecular complexity index is 498. The molecule has 0 saturated heterocycles.